The summed E-state index contributed by atoms with van der Waals surface area (Å²) < 4.78 is 22.1. The number of unbranched alkanes of at least 4 members (excludes halogenated alkanes) is 3. The number of carbonyl (C=O) groups is 2. The number of hydrogen-bond acceptors (Lipinski definition) is 10. The molecule has 0 unspecified atom stereocenters. The number of rotatable bonds is 18. The quantitative estimate of drug-likeness (QED) is 0.0428. The van der Waals surface area contributed by atoms with Crippen molar-refractivity contribution in [1.82, 2.24) is 29.5 Å². The van der Waals surface area contributed by atoms with Crippen LogP contribution in [-0.2, 0) is 6.54 Å². The minimum absolute atomic E-state index is 0.000348. The number of carboxylic acids is 1. The van der Waals surface area contributed by atoms with Crippen molar-refractivity contribution in [2.75, 3.05) is 51.6 Å². The Bertz CT molecular complexity index is 3120. The second kappa shape index (κ2) is 20.4. The second-order valence-electron chi connectivity index (χ2n) is 17.0. The highest BCUT2D eigenvalue weighted by atomic mass is 35.5. The molecule has 2 aromatic heterocycles. The van der Waals surface area contributed by atoms with E-state index < -0.39 is 5.97 Å². The van der Waals surface area contributed by atoms with E-state index in [1.54, 1.807) is 16.6 Å². The van der Waals surface area contributed by atoms with Crippen LogP contribution in [0.1, 0.15) is 65.8 Å². The Morgan fingerprint density at radius 2 is 1.69 bits per heavy atom. The lowest BCUT2D eigenvalue weighted by Crippen LogP contribution is -2.24. The van der Waals surface area contributed by atoms with Crippen molar-refractivity contribution in [2.24, 2.45) is 0 Å². The lowest BCUT2D eigenvalue weighted by molar-refractivity contribution is 0.0697. The van der Waals surface area contributed by atoms with Gasteiger partial charge in [-0.2, -0.15) is 14.6 Å². The highest BCUT2D eigenvalue weighted by Crippen LogP contribution is 2.42. The van der Waals surface area contributed by atoms with E-state index in [0.29, 0.717) is 47.4 Å². The zero-order valence-electron chi connectivity index (χ0n) is 38.5. The maximum atomic E-state index is 13.3. The Morgan fingerprint density at radius 1 is 0.896 bits per heavy atom. The van der Waals surface area contributed by atoms with Crippen LogP contribution in [0.4, 0.5) is 11.5 Å². The summed E-state index contributed by atoms with van der Waals surface area (Å²) in [7, 11) is 7.83. The van der Waals surface area contributed by atoms with E-state index in [1.807, 2.05) is 136 Å². The van der Waals surface area contributed by atoms with E-state index in [0.717, 1.165) is 87.4 Å². The van der Waals surface area contributed by atoms with Gasteiger partial charge in [-0.1, -0.05) is 36.6 Å². The summed E-state index contributed by atoms with van der Waals surface area (Å²) in [6.07, 6.45) is 4.91. The van der Waals surface area contributed by atoms with Gasteiger partial charge in [-0.15, -0.1) is 0 Å². The van der Waals surface area contributed by atoms with Gasteiger partial charge in [0.15, 0.2) is 0 Å². The van der Waals surface area contributed by atoms with Crippen molar-refractivity contribution >= 4 is 51.7 Å². The molecule has 0 spiro atoms. The molecule has 0 saturated heterocycles. The van der Waals surface area contributed by atoms with Gasteiger partial charge in [-0.3, -0.25) is 4.79 Å². The SMILES string of the molecule is CC(C)Oc1cc(Cl)ccc1CNc1cc(-c2ccc(OCCCCCCNC(=O)c3ccc(-c4c5ccc(=[N+](C)C)cc-5oc5cc(N(C)C)ccc45)c(C(=O)O)c3)cc2)nc2ncnn12. The molecule has 0 radical (unpaired) electrons. The van der Waals surface area contributed by atoms with Crippen molar-refractivity contribution in [3.63, 3.8) is 0 Å². The third-order valence-electron chi connectivity index (χ3n) is 11.4. The maximum Gasteiger partial charge on any atom is 0.336 e. The Morgan fingerprint density at radius 3 is 2.45 bits per heavy atom. The number of benzene rings is 5. The van der Waals surface area contributed by atoms with Gasteiger partial charge in [0.2, 0.25) is 5.36 Å². The van der Waals surface area contributed by atoms with Crippen LogP contribution in [0.25, 0.3) is 50.5 Å². The molecule has 1 aliphatic heterocycles. The fraction of sp³-hybridized carbons (Fsp3) is 0.269. The standard InChI is InChI=1S/C52H53ClN8O6/c1-32(2)66-45-26-36(53)15-11-35(45)30-55-48-29-44(58-52-56-31-57-61(48)52)33-12-18-39(19-13-33)65-24-10-8-7-9-23-54-50(62)34-14-20-40(43(25-34)51(63)64)49-41-21-16-37(59(3)4)27-46(41)67-47-28-38(60(5)6)17-22-42(47)49/h11-22,25-29,31-32H,7-10,23-24,30H2,1-6H3,(H2-,54,55,56,57,58,62,63,64)/p+1. The van der Waals surface area contributed by atoms with E-state index in [2.05, 4.69) is 20.7 Å². The van der Waals surface area contributed by atoms with E-state index >= 15 is 0 Å². The van der Waals surface area contributed by atoms with Gasteiger partial charge in [-0.25, -0.2) is 14.4 Å². The molecular weight excluding hydrogens is 868 g/mol. The first-order valence-corrected chi connectivity index (χ1v) is 22.7. The number of aromatic carboxylic acids is 1. The second-order valence-corrected chi connectivity index (χ2v) is 17.4. The number of ether oxygens (including phenoxy) is 2. The molecule has 0 fully saturated rings. The minimum Gasteiger partial charge on any atom is -0.494 e. The Labute approximate surface area is 393 Å². The van der Waals surface area contributed by atoms with E-state index in [9.17, 15) is 14.7 Å². The van der Waals surface area contributed by atoms with E-state index in [1.165, 1.54) is 12.4 Å². The van der Waals surface area contributed by atoms with E-state index in [4.69, 9.17) is 30.5 Å². The Balaban J connectivity index is 0.840. The van der Waals surface area contributed by atoms with E-state index in [-0.39, 0.29) is 23.1 Å². The molecule has 1 amide bonds. The number of nitrogens with zero attached hydrogens (tertiary/aromatic N) is 6. The third kappa shape index (κ3) is 10.7. The minimum atomic E-state index is -1.12. The zero-order valence-corrected chi connectivity index (χ0v) is 39.2. The highest BCUT2D eigenvalue weighted by molar-refractivity contribution is 6.30. The fourth-order valence-corrected chi connectivity index (χ4v) is 8.06. The number of anilines is 2. The number of nitrogens with one attached hydrogen (secondary N) is 2. The Kier molecular flexibility index (Phi) is 14.0. The highest BCUT2D eigenvalue weighted by Gasteiger charge is 2.24. The predicted molar refractivity (Wildman–Crippen MR) is 264 cm³/mol. The molecular formula is C52H54ClN8O6+. The summed E-state index contributed by atoms with van der Waals surface area (Å²) in [6, 6.07) is 32.0. The van der Waals surface area contributed by atoms with Crippen molar-refractivity contribution < 1.29 is 28.6 Å². The number of carboxylic acid groups (broad SMARTS) is 1. The molecule has 0 saturated carbocycles. The first-order valence-electron chi connectivity index (χ1n) is 22.3. The fourth-order valence-electron chi connectivity index (χ4n) is 7.90. The topological polar surface area (TPSA) is 159 Å². The number of carbonyl (C=O) groups excluding carboxylic acids is 1. The summed E-state index contributed by atoms with van der Waals surface area (Å²) in [6.45, 7) is 5.45. The monoisotopic (exact) mass is 921 g/mol. The molecule has 2 aliphatic rings. The summed E-state index contributed by atoms with van der Waals surface area (Å²) in [4.78, 5) is 37.2. The largest absolute Gasteiger partial charge is 0.494 e. The molecule has 344 valence electrons. The molecule has 1 aliphatic carbocycles. The normalized spacial score (nSPS) is 11.3. The molecule has 67 heavy (non-hydrogen) atoms. The van der Waals surface area contributed by atoms with Crippen LogP contribution >= 0.6 is 11.6 Å². The van der Waals surface area contributed by atoms with Gasteiger partial charge in [0.25, 0.3) is 11.7 Å². The van der Waals surface area contributed by atoms with Crippen molar-refractivity contribution in [1.29, 1.82) is 0 Å². The van der Waals surface area contributed by atoms with Gasteiger partial charge >= 0.3 is 5.97 Å². The number of aromatic nitrogens is 4. The molecule has 3 N–H and O–H groups in total. The van der Waals surface area contributed by atoms with Gasteiger partial charge in [0, 0.05) is 89.3 Å². The summed E-state index contributed by atoms with van der Waals surface area (Å²) in [5.74, 6) is 1.86. The molecule has 0 bridgehead atoms. The van der Waals surface area contributed by atoms with Crippen LogP contribution in [0.15, 0.2) is 114 Å². The molecule has 0 atom stereocenters. The lowest BCUT2D eigenvalue weighted by Gasteiger charge is -2.19. The number of halogens is 1. The Hall–Kier alpha value is -7.45. The van der Waals surface area contributed by atoms with Crippen LogP contribution in [0.2, 0.25) is 5.02 Å². The molecule has 14 nitrogen and oxygen atoms in total. The zero-order chi connectivity index (χ0) is 47.2. The van der Waals surface area contributed by atoms with Crippen molar-refractivity contribution in [3.8, 4) is 45.2 Å². The first kappa shape index (κ1) is 46.1. The van der Waals surface area contributed by atoms with Crippen LogP contribution < -0.4 is 34.9 Å². The summed E-state index contributed by atoms with van der Waals surface area (Å²) in [5.41, 5.74) is 6.50. The molecule has 3 heterocycles. The summed E-state index contributed by atoms with van der Waals surface area (Å²) in [5, 5.41) is 23.6. The average molecular weight is 923 g/mol. The van der Waals surface area contributed by atoms with Gasteiger partial charge in [0.05, 0.1) is 30.0 Å². The van der Waals surface area contributed by atoms with Gasteiger partial charge < -0.3 is 34.5 Å². The van der Waals surface area contributed by atoms with Gasteiger partial charge in [-0.05, 0) is 99.0 Å². The molecule has 4 aromatic carbocycles. The first-order chi connectivity index (χ1) is 32.3. The van der Waals surface area contributed by atoms with Crippen LogP contribution in [0.5, 0.6) is 11.5 Å². The smallest absolute Gasteiger partial charge is 0.336 e. The van der Waals surface area contributed by atoms with Crippen LogP contribution in [0, 0.1) is 0 Å². The maximum absolute atomic E-state index is 13.3. The predicted octanol–water partition coefficient (Wildman–Crippen LogP) is 9.53. The lowest BCUT2D eigenvalue weighted by atomic mass is 9.89. The van der Waals surface area contributed by atoms with Crippen molar-refractivity contribution in [2.45, 2.75) is 52.2 Å². The molecule has 15 heteroatoms. The third-order valence-corrected chi connectivity index (χ3v) is 11.6. The molecule has 8 rings (SSSR count). The van der Waals surface area contributed by atoms with Crippen LogP contribution in [-0.4, -0.2) is 84.0 Å². The average Bonchev–Trinajstić information content (AvgIpc) is 3.80. The van der Waals surface area contributed by atoms with Crippen LogP contribution in [0.3, 0.4) is 0 Å². The number of amides is 1. The van der Waals surface area contributed by atoms with Gasteiger partial charge in [0.1, 0.15) is 49.1 Å². The van der Waals surface area contributed by atoms with Crippen molar-refractivity contribution in [3.05, 3.63) is 137 Å². The molecule has 6 aromatic rings. The summed E-state index contributed by atoms with van der Waals surface area (Å²) >= 11 is 6.26. The number of hydrogen-bond donors (Lipinski definition) is 3. The number of fused-ring (bicyclic) bond motifs is 3.